The topological polar surface area (TPSA) is 75.9 Å². The van der Waals surface area contributed by atoms with Gasteiger partial charge in [0, 0.05) is 59.5 Å². The van der Waals surface area contributed by atoms with E-state index in [0.29, 0.717) is 17.9 Å². The Balaban J connectivity index is 1.26. The first-order valence-corrected chi connectivity index (χ1v) is 14.0. The molecule has 3 aromatic heterocycles. The number of likely N-dealkylation sites (tertiary alicyclic amines) is 1. The number of rotatable bonds is 5. The Bertz CT molecular complexity index is 1410. The van der Waals surface area contributed by atoms with E-state index in [2.05, 4.69) is 21.1 Å². The van der Waals surface area contributed by atoms with Crippen molar-refractivity contribution in [3.05, 3.63) is 77.4 Å². The summed E-state index contributed by atoms with van der Waals surface area (Å²) < 4.78 is 2.43. The summed E-state index contributed by atoms with van der Waals surface area (Å²) >= 11 is 0. The number of benzene rings is 1. The zero-order valence-electron chi connectivity index (χ0n) is 22.4. The van der Waals surface area contributed by atoms with Crippen molar-refractivity contribution in [2.24, 2.45) is 0 Å². The molecule has 2 aliphatic rings. The van der Waals surface area contributed by atoms with Gasteiger partial charge < -0.3 is 14.8 Å². The van der Waals surface area contributed by atoms with Crippen LogP contribution in [0, 0.1) is 13.8 Å². The highest BCUT2D eigenvalue weighted by Gasteiger charge is 2.29. The molecule has 7 heteroatoms. The number of nitrogens with zero attached hydrogens (tertiary/aromatic N) is 5. The van der Waals surface area contributed by atoms with E-state index in [9.17, 15) is 4.79 Å². The van der Waals surface area contributed by atoms with E-state index in [4.69, 9.17) is 9.97 Å². The van der Waals surface area contributed by atoms with E-state index in [1.165, 1.54) is 37.7 Å². The molecule has 0 radical (unpaired) electrons. The molecule has 7 nitrogen and oxygen atoms in total. The molecular formula is C31H36N6O. The number of anilines is 2. The van der Waals surface area contributed by atoms with Gasteiger partial charge in [-0.3, -0.25) is 9.78 Å². The molecule has 1 N–H and O–H groups in total. The predicted molar refractivity (Wildman–Crippen MR) is 151 cm³/mol. The fourth-order valence-corrected chi connectivity index (χ4v) is 6.26. The first-order chi connectivity index (χ1) is 18.5. The van der Waals surface area contributed by atoms with Crippen molar-refractivity contribution in [3.63, 3.8) is 0 Å². The maximum atomic E-state index is 13.2. The molecule has 1 saturated heterocycles. The van der Waals surface area contributed by atoms with Gasteiger partial charge in [0.15, 0.2) is 0 Å². The number of pyridine rings is 1. The van der Waals surface area contributed by atoms with Crippen molar-refractivity contribution < 1.29 is 4.79 Å². The highest BCUT2D eigenvalue weighted by molar-refractivity contribution is 5.94. The van der Waals surface area contributed by atoms with Crippen LogP contribution in [-0.2, 0) is 0 Å². The number of hydrogen-bond acceptors (Lipinski definition) is 5. The normalized spacial score (nSPS) is 17.2. The van der Waals surface area contributed by atoms with Crippen LogP contribution < -0.4 is 5.32 Å². The lowest BCUT2D eigenvalue weighted by Gasteiger charge is -2.32. The molecule has 1 aromatic carbocycles. The molecule has 196 valence electrons. The van der Waals surface area contributed by atoms with Gasteiger partial charge in [-0.05, 0) is 75.3 Å². The Morgan fingerprint density at radius 3 is 2.34 bits per heavy atom. The van der Waals surface area contributed by atoms with E-state index in [1.807, 2.05) is 67.4 Å². The lowest BCUT2D eigenvalue weighted by molar-refractivity contribution is 0.0713. The molecule has 4 heterocycles. The Hall–Kier alpha value is -3.74. The summed E-state index contributed by atoms with van der Waals surface area (Å²) in [5.41, 5.74) is 5.87. The number of piperidine rings is 1. The second-order valence-electron chi connectivity index (χ2n) is 10.9. The van der Waals surface area contributed by atoms with Gasteiger partial charge >= 0.3 is 0 Å². The first-order valence-electron chi connectivity index (χ1n) is 14.0. The van der Waals surface area contributed by atoms with Gasteiger partial charge in [-0.1, -0.05) is 37.5 Å². The van der Waals surface area contributed by atoms with Crippen LogP contribution in [0.4, 0.5) is 11.6 Å². The molecule has 6 rings (SSSR count). The molecule has 1 aliphatic heterocycles. The number of aromatic nitrogens is 4. The van der Waals surface area contributed by atoms with E-state index >= 15 is 0 Å². The average Bonchev–Trinajstić information content (AvgIpc) is 3.32. The number of carbonyl (C=O) groups excluding carboxylic acids is 1. The molecule has 38 heavy (non-hydrogen) atoms. The van der Waals surface area contributed by atoms with E-state index in [-0.39, 0.29) is 5.91 Å². The van der Waals surface area contributed by atoms with Gasteiger partial charge in [-0.25, -0.2) is 4.98 Å². The highest BCUT2D eigenvalue weighted by atomic mass is 16.2. The average molecular weight is 509 g/mol. The Kier molecular flexibility index (Phi) is 6.83. The van der Waals surface area contributed by atoms with Crippen LogP contribution in [0.25, 0.3) is 11.0 Å². The maximum absolute atomic E-state index is 13.2. The van der Waals surface area contributed by atoms with Crippen molar-refractivity contribution >= 4 is 28.6 Å². The number of nitrogens with one attached hydrogen (secondary N) is 1. The van der Waals surface area contributed by atoms with Crippen molar-refractivity contribution in [2.75, 3.05) is 18.4 Å². The standard InChI is InChI=1S/C31H36N6O/c1-21-17-24(18-22(2)33-21)30(38)36-15-13-23(14-16-36)28-20-37(26-11-7-4-8-12-26)29-27(28)19-32-31(35-29)34-25-9-5-3-6-10-25/h3,5-6,9-10,17-20,23,26H,4,7-8,11-16H2,1-2H3,(H,32,34,35). The maximum Gasteiger partial charge on any atom is 0.253 e. The summed E-state index contributed by atoms with van der Waals surface area (Å²) in [5, 5.41) is 4.52. The van der Waals surface area contributed by atoms with Gasteiger partial charge in [0.25, 0.3) is 5.91 Å². The van der Waals surface area contributed by atoms with Gasteiger partial charge in [0.1, 0.15) is 5.65 Å². The van der Waals surface area contributed by atoms with E-state index in [0.717, 1.165) is 59.6 Å². The minimum atomic E-state index is 0.113. The number of para-hydroxylation sites is 1. The summed E-state index contributed by atoms with van der Waals surface area (Å²) in [6.07, 6.45) is 12.5. The fraction of sp³-hybridized carbons (Fsp3) is 0.419. The number of fused-ring (bicyclic) bond motifs is 1. The van der Waals surface area contributed by atoms with Gasteiger partial charge in [0.2, 0.25) is 5.95 Å². The highest BCUT2D eigenvalue weighted by Crippen LogP contribution is 2.38. The third-order valence-corrected chi connectivity index (χ3v) is 8.15. The van der Waals surface area contributed by atoms with Crippen LogP contribution in [-0.4, -0.2) is 43.4 Å². The van der Waals surface area contributed by atoms with Crippen LogP contribution in [0.15, 0.2) is 54.9 Å². The second kappa shape index (κ2) is 10.6. The van der Waals surface area contributed by atoms with Crippen LogP contribution >= 0.6 is 0 Å². The Morgan fingerprint density at radius 2 is 1.63 bits per heavy atom. The lowest BCUT2D eigenvalue weighted by Crippen LogP contribution is -2.38. The Labute approximate surface area is 224 Å². The van der Waals surface area contributed by atoms with Crippen LogP contribution in [0.5, 0.6) is 0 Å². The zero-order valence-corrected chi connectivity index (χ0v) is 22.4. The molecule has 1 aliphatic carbocycles. The van der Waals surface area contributed by atoms with Gasteiger partial charge in [-0.2, -0.15) is 4.98 Å². The predicted octanol–water partition coefficient (Wildman–Crippen LogP) is 6.71. The monoisotopic (exact) mass is 508 g/mol. The summed E-state index contributed by atoms with van der Waals surface area (Å²) in [7, 11) is 0. The largest absolute Gasteiger partial charge is 0.339 e. The number of aryl methyl sites for hydroxylation is 2. The lowest BCUT2D eigenvalue weighted by atomic mass is 9.89. The number of amides is 1. The SMILES string of the molecule is Cc1cc(C(=O)N2CCC(c3cn(C4CCCCC4)c4nc(Nc5ccccc5)ncc34)CC2)cc(C)n1. The first kappa shape index (κ1) is 24.6. The summed E-state index contributed by atoms with van der Waals surface area (Å²) in [6.45, 7) is 5.41. The number of carbonyl (C=O) groups is 1. The molecular weight excluding hydrogens is 472 g/mol. The van der Waals surface area contributed by atoms with Crippen molar-refractivity contribution in [3.8, 4) is 0 Å². The summed E-state index contributed by atoms with van der Waals surface area (Å²) in [6, 6.07) is 14.4. The third-order valence-electron chi connectivity index (χ3n) is 8.15. The van der Waals surface area contributed by atoms with Crippen molar-refractivity contribution in [2.45, 2.75) is 70.8 Å². The molecule has 4 aromatic rings. The summed E-state index contributed by atoms with van der Waals surface area (Å²) in [4.78, 5) is 29.4. The zero-order chi connectivity index (χ0) is 26.1. The second-order valence-corrected chi connectivity index (χ2v) is 10.9. The molecule has 1 amide bonds. The minimum Gasteiger partial charge on any atom is -0.339 e. The van der Waals surface area contributed by atoms with Crippen LogP contribution in [0.1, 0.15) is 84.2 Å². The molecule has 0 spiro atoms. The molecule has 0 unspecified atom stereocenters. The number of hydrogen-bond donors (Lipinski definition) is 1. The van der Waals surface area contributed by atoms with E-state index < -0.39 is 0 Å². The quantitative estimate of drug-likeness (QED) is 0.324. The fourth-order valence-electron chi connectivity index (χ4n) is 6.26. The molecule has 0 bridgehead atoms. The van der Waals surface area contributed by atoms with Crippen LogP contribution in [0.2, 0.25) is 0 Å². The molecule has 1 saturated carbocycles. The van der Waals surface area contributed by atoms with Crippen molar-refractivity contribution in [1.82, 2.24) is 24.4 Å². The van der Waals surface area contributed by atoms with Gasteiger partial charge in [-0.15, -0.1) is 0 Å². The molecule has 0 atom stereocenters. The minimum absolute atomic E-state index is 0.113. The van der Waals surface area contributed by atoms with Gasteiger partial charge in [0.05, 0.1) is 0 Å². The third kappa shape index (κ3) is 5.02. The van der Waals surface area contributed by atoms with E-state index in [1.54, 1.807) is 0 Å². The Morgan fingerprint density at radius 1 is 0.921 bits per heavy atom. The van der Waals surface area contributed by atoms with Crippen LogP contribution in [0.3, 0.4) is 0 Å². The smallest absolute Gasteiger partial charge is 0.253 e. The molecule has 2 fully saturated rings. The van der Waals surface area contributed by atoms with Crippen molar-refractivity contribution in [1.29, 1.82) is 0 Å². The summed E-state index contributed by atoms with van der Waals surface area (Å²) in [5.74, 6) is 1.14.